The van der Waals surface area contributed by atoms with Crippen molar-refractivity contribution in [2.24, 2.45) is 5.92 Å². The molecule has 5 rings (SSSR count). The Morgan fingerprint density at radius 1 is 1.19 bits per heavy atom. The quantitative estimate of drug-likeness (QED) is 0.762. The van der Waals surface area contributed by atoms with Gasteiger partial charge in [0.25, 0.3) is 5.91 Å². The SMILES string of the molecule is O=C(C1CNCCO1)N1CCC2(CC1)c1nc[nH]c1CCN2C(=O)C1CC1. The van der Waals surface area contributed by atoms with Gasteiger partial charge in [-0.05, 0) is 25.7 Å². The molecule has 2 amide bonds. The number of ether oxygens (including phenoxy) is 1. The van der Waals surface area contributed by atoms with Gasteiger partial charge >= 0.3 is 0 Å². The van der Waals surface area contributed by atoms with Crippen LogP contribution in [0, 0.1) is 5.92 Å². The Kier molecular flexibility index (Phi) is 4.20. The van der Waals surface area contributed by atoms with Gasteiger partial charge in [-0.25, -0.2) is 4.98 Å². The second-order valence-corrected chi connectivity index (χ2v) is 8.16. The van der Waals surface area contributed by atoms with Gasteiger partial charge in [-0.3, -0.25) is 9.59 Å². The minimum Gasteiger partial charge on any atom is -0.366 e. The summed E-state index contributed by atoms with van der Waals surface area (Å²) >= 11 is 0. The maximum atomic E-state index is 13.0. The summed E-state index contributed by atoms with van der Waals surface area (Å²) in [6, 6.07) is 0. The van der Waals surface area contributed by atoms with Gasteiger partial charge in [0, 0.05) is 50.8 Å². The Morgan fingerprint density at radius 3 is 2.70 bits per heavy atom. The standard InChI is InChI=1S/C19H27N5O3/c25-17(13-1-2-13)24-7-3-14-16(22-12-21-14)19(24)4-8-23(9-5-19)18(26)15-11-20-6-10-27-15/h12-13,15,20H,1-11H2,(H,21,22). The van der Waals surface area contributed by atoms with Crippen molar-refractivity contribution >= 4 is 11.8 Å². The highest BCUT2D eigenvalue weighted by molar-refractivity contribution is 5.83. The number of nitrogens with one attached hydrogen (secondary N) is 2. The normalized spacial score (nSPS) is 27.5. The van der Waals surface area contributed by atoms with Crippen LogP contribution in [0.3, 0.4) is 0 Å². The number of likely N-dealkylation sites (tertiary alicyclic amines) is 1. The number of hydrogen-bond donors (Lipinski definition) is 2. The summed E-state index contributed by atoms with van der Waals surface area (Å²) in [7, 11) is 0. The Morgan fingerprint density at radius 2 is 2.00 bits per heavy atom. The van der Waals surface area contributed by atoms with Gasteiger partial charge in [0.1, 0.15) is 6.10 Å². The maximum Gasteiger partial charge on any atom is 0.253 e. The van der Waals surface area contributed by atoms with Gasteiger partial charge in [0.2, 0.25) is 5.91 Å². The molecular weight excluding hydrogens is 346 g/mol. The van der Waals surface area contributed by atoms with E-state index in [1.807, 2.05) is 4.90 Å². The van der Waals surface area contributed by atoms with E-state index < -0.39 is 0 Å². The van der Waals surface area contributed by atoms with Crippen LogP contribution in [0.15, 0.2) is 6.33 Å². The van der Waals surface area contributed by atoms with E-state index in [4.69, 9.17) is 4.74 Å². The number of imidazole rings is 1. The molecule has 1 unspecified atom stereocenters. The van der Waals surface area contributed by atoms with Crippen LogP contribution in [0.25, 0.3) is 0 Å². The first-order chi connectivity index (χ1) is 13.2. The van der Waals surface area contributed by atoms with Gasteiger partial charge in [0.05, 0.1) is 24.2 Å². The fourth-order valence-corrected chi connectivity index (χ4v) is 4.88. The number of rotatable bonds is 2. The number of piperidine rings is 1. The van der Waals surface area contributed by atoms with Crippen molar-refractivity contribution in [1.29, 1.82) is 0 Å². The van der Waals surface area contributed by atoms with Gasteiger partial charge in [-0.1, -0.05) is 0 Å². The third kappa shape index (κ3) is 2.86. The van der Waals surface area contributed by atoms with Gasteiger partial charge in [0.15, 0.2) is 0 Å². The summed E-state index contributed by atoms with van der Waals surface area (Å²) in [6.45, 7) is 3.98. The van der Waals surface area contributed by atoms with Crippen LogP contribution in [0.4, 0.5) is 0 Å². The zero-order valence-electron chi connectivity index (χ0n) is 15.6. The molecule has 2 saturated heterocycles. The van der Waals surface area contributed by atoms with Gasteiger partial charge in [-0.15, -0.1) is 0 Å². The van der Waals surface area contributed by atoms with E-state index in [9.17, 15) is 9.59 Å². The molecule has 2 N–H and O–H groups in total. The van der Waals surface area contributed by atoms with Crippen LogP contribution < -0.4 is 5.32 Å². The average Bonchev–Trinajstić information content (AvgIpc) is 3.45. The average molecular weight is 373 g/mol. The van der Waals surface area contributed by atoms with Crippen molar-refractivity contribution in [2.75, 3.05) is 39.3 Å². The highest BCUT2D eigenvalue weighted by Crippen LogP contribution is 2.45. The van der Waals surface area contributed by atoms with E-state index in [0.29, 0.717) is 26.2 Å². The van der Waals surface area contributed by atoms with Crippen molar-refractivity contribution in [1.82, 2.24) is 25.1 Å². The lowest BCUT2D eigenvalue weighted by atomic mass is 9.78. The largest absolute Gasteiger partial charge is 0.366 e. The molecule has 8 nitrogen and oxygen atoms in total. The second kappa shape index (κ2) is 6.60. The predicted octanol–water partition coefficient (Wildman–Crippen LogP) is 0.0105. The molecule has 1 aromatic rings. The molecule has 1 aliphatic carbocycles. The van der Waals surface area contributed by atoms with E-state index >= 15 is 0 Å². The van der Waals surface area contributed by atoms with E-state index in [1.165, 1.54) is 0 Å². The van der Waals surface area contributed by atoms with Crippen molar-refractivity contribution in [3.8, 4) is 0 Å². The highest BCUT2D eigenvalue weighted by atomic mass is 16.5. The van der Waals surface area contributed by atoms with Crippen LogP contribution in [0.2, 0.25) is 0 Å². The number of amides is 2. The first-order valence-corrected chi connectivity index (χ1v) is 10.1. The summed E-state index contributed by atoms with van der Waals surface area (Å²) in [5.74, 6) is 0.544. The molecule has 3 aliphatic heterocycles. The maximum absolute atomic E-state index is 13.0. The number of H-pyrrole nitrogens is 1. The number of aromatic amines is 1. The monoisotopic (exact) mass is 373 g/mol. The smallest absolute Gasteiger partial charge is 0.253 e. The fraction of sp³-hybridized carbons (Fsp3) is 0.737. The van der Waals surface area contributed by atoms with Crippen molar-refractivity contribution in [3.05, 3.63) is 17.7 Å². The molecule has 146 valence electrons. The minimum absolute atomic E-state index is 0.0650. The third-order valence-electron chi connectivity index (χ3n) is 6.56. The lowest BCUT2D eigenvalue weighted by Crippen LogP contribution is -2.60. The molecule has 1 saturated carbocycles. The Balaban J connectivity index is 1.36. The van der Waals surface area contributed by atoms with Crippen LogP contribution in [-0.4, -0.2) is 77.0 Å². The predicted molar refractivity (Wildman–Crippen MR) is 96.8 cm³/mol. The van der Waals surface area contributed by atoms with E-state index in [1.54, 1.807) is 6.33 Å². The van der Waals surface area contributed by atoms with Crippen molar-refractivity contribution in [2.45, 2.75) is 43.7 Å². The Bertz CT molecular complexity index is 729. The number of hydrogen-bond acceptors (Lipinski definition) is 5. The summed E-state index contributed by atoms with van der Waals surface area (Å²) in [5.41, 5.74) is 1.80. The molecule has 1 atom stereocenters. The topological polar surface area (TPSA) is 90.6 Å². The number of nitrogens with zero attached hydrogens (tertiary/aromatic N) is 3. The molecule has 0 aromatic carbocycles. The molecule has 4 aliphatic rings. The lowest BCUT2D eigenvalue weighted by molar-refractivity contribution is -0.151. The number of aromatic nitrogens is 2. The molecule has 27 heavy (non-hydrogen) atoms. The highest BCUT2D eigenvalue weighted by Gasteiger charge is 2.51. The molecule has 3 fully saturated rings. The number of morpholine rings is 1. The number of fused-ring (bicyclic) bond motifs is 2. The summed E-state index contributed by atoms with van der Waals surface area (Å²) in [4.78, 5) is 37.7. The lowest BCUT2D eigenvalue weighted by Gasteiger charge is -2.51. The van der Waals surface area contributed by atoms with Crippen LogP contribution in [0.1, 0.15) is 37.1 Å². The summed E-state index contributed by atoms with van der Waals surface area (Å²) in [5, 5.41) is 3.22. The molecule has 0 bridgehead atoms. The molecule has 4 heterocycles. The minimum atomic E-state index is -0.385. The van der Waals surface area contributed by atoms with Crippen LogP contribution in [0.5, 0.6) is 0 Å². The van der Waals surface area contributed by atoms with Crippen LogP contribution in [-0.2, 0) is 26.3 Å². The molecule has 1 spiro atoms. The van der Waals surface area contributed by atoms with E-state index in [0.717, 1.165) is 56.6 Å². The molecule has 0 radical (unpaired) electrons. The number of carbonyl (C=O) groups excluding carboxylic acids is 2. The third-order valence-corrected chi connectivity index (χ3v) is 6.56. The number of carbonyl (C=O) groups is 2. The van der Waals surface area contributed by atoms with Crippen molar-refractivity contribution in [3.63, 3.8) is 0 Å². The van der Waals surface area contributed by atoms with E-state index in [2.05, 4.69) is 20.2 Å². The first kappa shape index (κ1) is 17.2. The van der Waals surface area contributed by atoms with E-state index in [-0.39, 0.29) is 29.4 Å². The Hall–Kier alpha value is -1.93. The molecular formula is C19H27N5O3. The first-order valence-electron chi connectivity index (χ1n) is 10.1. The van der Waals surface area contributed by atoms with Crippen LogP contribution >= 0.6 is 0 Å². The Labute approximate surface area is 158 Å². The van der Waals surface area contributed by atoms with Crippen molar-refractivity contribution < 1.29 is 14.3 Å². The second-order valence-electron chi connectivity index (χ2n) is 8.16. The summed E-state index contributed by atoms with van der Waals surface area (Å²) in [6.07, 6.45) is 5.70. The molecule has 1 aromatic heterocycles. The zero-order valence-corrected chi connectivity index (χ0v) is 15.6. The zero-order chi connectivity index (χ0) is 18.4. The fourth-order valence-electron chi connectivity index (χ4n) is 4.88. The summed E-state index contributed by atoms with van der Waals surface area (Å²) < 4.78 is 5.64. The molecule has 8 heteroatoms. The van der Waals surface area contributed by atoms with Gasteiger partial charge < -0.3 is 24.8 Å². The van der Waals surface area contributed by atoms with Gasteiger partial charge in [-0.2, -0.15) is 0 Å².